The number of carbonyl (C=O) groups is 1. The molecule has 1 saturated carbocycles. The minimum absolute atomic E-state index is 0.0154. The van der Waals surface area contributed by atoms with Crippen molar-refractivity contribution < 1.29 is 13.2 Å². The van der Waals surface area contributed by atoms with Gasteiger partial charge in [-0.15, -0.1) is 0 Å². The summed E-state index contributed by atoms with van der Waals surface area (Å²) in [6, 6.07) is 7.47. The van der Waals surface area contributed by atoms with Crippen LogP contribution in [-0.4, -0.2) is 50.9 Å². The molecule has 0 radical (unpaired) electrons. The van der Waals surface area contributed by atoms with Gasteiger partial charge in [0.15, 0.2) is 9.84 Å². The van der Waals surface area contributed by atoms with Gasteiger partial charge in [0.1, 0.15) is 0 Å². The highest BCUT2D eigenvalue weighted by Crippen LogP contribution is 2.26. The summed E-state index contributed by atoms with van der Waals surface area (Å²) in [5.74, 6) is -0.303. The van der Waals surface area contributed by atoms with Crippen LogP contribution in [0.4, 0.5) is 0 Å². The Morgan fingerprint density at radius 3 is 2.52 bits per heavy atom. The molecule has 2 rings (SSSR count). The topological polar surface area (TPSA) is 66.5 Å². The third kappa shape index (κ3) is 5.69. The Morgan fingerprint density at radius 1 is 1.28 bits per heavy atom. The standard InChI is InChI=1S/C18H27ClN2O3S/c1-21(2)17(15-9-5-6-10-16(15)19)13-20-18(22)11-12-25(23,24)14-7-3-4-8-14/h5-6,9-10,14,17H,3-4,7-8,11-13H2,1-2H3,(H,20,22)/t17-/m1/s1. The van der Waals surface area contributed by atoms with Crippen molar-refractivity contribution in [2.24, 2.45) is 0 Å². The van der Waals surface area contributed by atoms with Gasteiger partial charge in [-0.2, -0.15) is 0 Å². The van der Waals surface area contributed by atoms with Crippen molar-refractivity contribution in [1.82, 2.24) is 10.2 Å². The first-order valence-electron chi connectivity index (χ1n) is 8.70. The summed E-state index contributed by atoms with van der Waals surface area (Å²) in [6.45, 7) is 0.388. The lowest BCUT2D eigenvalue weighted by Gasteiger charge is -2.26. The van der Waals surface area contributed by atoms with Crippen LogP contribution >= 0.6 is 11.6 Å². The predicted octanol–water partition coefficient (Wildman–Crippen LogP) is 2.81. The number of likely N-dealkylation sites (N-methyl/N-ethyl adjacent to an activating group) is 1. The second-order valence-electron chi connectivity index (χ2n) is 6.83. The van der Waals surface area contributed by atoms with Crippen LogP contribution < -0.4 is 5.32 Å². The monoisotopic (exact) mass is 386 g/mol. The SMILES string of the molecule is CN(C)[C@H](CNC(=O)CCS(=O)(=O)C1CCCC1)c1ccccc1Cl. The number of rotatable bonds is 8. The largest absolute Gasteiger partial charge is 0.354 e. The zero-order valence-corrected chi connectivity index (χ0v) is 16.4. The van der Waals surface area contributed by atoms with Crippen molar-refractivity contribution in [2.75, 3.05) is 26.4 Å². The average Bonchev–Trinajstić information content (AvgIpc) is 3.10. The van der Waals surface area contributed by atoms with E-state index in [4.69, 9.17) is 11.6 Å². The van der Waals surface area contributed by atoms with Gasteiger partial charge < -0.3 is 10.2 Å². The fourth-order valence-electron chi connectivity index (χ4n) is 3.26. The molecule has 0 saturated heterocycles. The second-order valence-corrected chi connectivity index (χ2v) is 9.64. The van der Waals surface area contributed by atoms with Crippen molar-refractivity contribution >= 4 is 27.3 Å². The molecule has 5 nitrogen and oxygen atoms in total. The van der Waals surface area contributed by atoms with Crippen molar-refractivity contribution in [2.45, 2.75) is 43.4 Å². The van der Waals surface area contributed by atoms with Crippen molar-refractivity contribution in [1.29, 1.82) is 0 Å². The van der Waals surface area contributed by atoms with Crippen molar-refractivity contribution in [3.05, 3.63) is 34.9 Å². The van der Waals surface area contributed by atoms with Crippen LogP contribution in [0.5, 0.6) is 0 Å². The van der Waals surface area contributed by atoms with Gasteiger partial charge in [0.2, 0.25) is 5.91 Å². The lowest BCUT2D eigenvalue weighted by molar-refractivity contribution is -0.120. The molecule has 1 atom stereocenters. The number of hydrogen-bond donors (Lipinski definition) is 1. The average molecular weight is 387 g/mol. The lowest BCUT2D eigenvalue weighted by atomic mass is 10.1. The molecule has 25 heavy (non-hydrogen) atoms. The van der Waals surface area contributed by atoms with E-state index in [0.717, 1.165) is 31.2 Å². The van der Waals surface area contributed by atoms with E-state index in [9.17, 15) is 13.2 Å². The zero-order chi connectivity index (χ0) is 18.4. The van der Waals surface area contributed by atoms with E-state index in [-0.39, 0.29) is 29.4 Å². The molecule has 1 amide bonds. The van der Waals surface area contributed by atoms with Gasteiger partial charge in [-0.25, -0.2) is 8.42 Å². The molecule has 1 aromatic rings. The number of hydrogen-bond acceptors (Lipinski definition) is 4. The van der Waals surface area contributed by atoms with Gasteiger partial charge in [0.25, 0.3) is 0 Å². The van der Waals surface area contributed by atoms with Crippen LogP contribution in [0.1, 0.15) is 43.7 Å². The van der Waals surface area contributed by atoms with Gasteiger partial charge >= 0.3 is 0 Å². The minimum atomic E-state index is -3.16. The first kappa shape index (κ1) is 20.2. The van der Waals surface area contributed by atoms with E-state index in [1.165, 1.54) is 0 Å². The molecule has 0 heterocycles. The van der Waals surface area contributed by atoms with Gasteiger partial charge in [-0.05, 0) is 38.6 Å². The van der Waals surface area contributed by atoms with Crippen LogP contribution in [0.3, 0.4) is 0 Å². The molecule has 0 unspecified atom stereocenters. The summed E-state index contributed by atoms with van der Waals surface area (Å²) < 4.78 is 24.5. The van der Waals surface area contributed by atoms with Gasteiger partial charge in [0.05, 0.1) is 17.0 Å². The van der Waals surface area contributed by atoms with E-state index in [1.807, 2.05) is 43.3 Å². The molecular weight excluding hydrogens is 360 g/mol. The summed E-state index contributed by atoms with van der Waals surface area (Å²) in [7, 11) is 0.681. The molecule has 140 valence electrons. The number of benzene rings is 1. The number of nitrogens with one attached hydrogen (secondary N) is 1. The highest BCUT2D eigenvalue weighted by molar-refractivity contribution is 7.92. The van der Waals surface area contributed by atoms with Crippen LogP contribution in [0.2, 0.25) is 5.02 Å². The summed E-state index contributed by atoms with van der Waals surface area (Å²) in [5.41, 5.74) is 0.938. The first-order valence-corrected chi connectivity index (χ1v) is 10.8. The smallest absolute Gasteiger partial charge is 0.221 e. The maximum absolute atomic E-state index is 12.2. The number of nitrogens with zero attached hydrogens (tertiary/aromatic N) is 1. The molecule has 7 heteroatoms. The highest BCUT2D eigenvalue weighted by Gasteiger charge is 2.29. The Labute approximate surface area is 155 Å². The molecule has 0 bridgehead atoms. The lowest BCUT2D eigenvalue weighted by Crippen LogP contribution is -2.35. The summed E-state index contributed by atoms with van der Waals surface area (Å²) in [6.07, 6.45) is 3.43. The Hall–Kier alpha value is -1.11. The third-order valence-corrected chi connectivity index (χ3v) is 7.41. The maximum atomic E-state index is 12.2. The van der Waals surface area contributed by atoms with Gasteiger partial charge in [-0.3, -0.25) is 4.79 Å². The molecule has 1 aliphatic rings. The maximum Gasteiger partial charge on any atom is 0.221 e. The normalized spacial score (nSPS) is 17.0. The van der Waals surface area contributed by atoms with E-state index in [2.05, 4.69) is 5.32 Å². The summed E-state index contributed by atoms with van der Waals surface area (Å²) in [4.78, 5) is 14.1. The molecule has 0 aliphatic heterocycles. The molecule has 1 fully saturated rings. The number of amides is 1. The zero-order valence-electron chi connectivity index (χ0n) is 14.9. The molecule has 1 aromatic carbocycles. The third-order valence-electron chi connectivity index (χ3n) is 4.80. The predicted molar refractivity (Wildman–Crippen MR) is 102 cm³/mol. The Kier molecular flexibility index (Phi) is 7.28. The van der Waals surface area contributed by atoms with Gasteiger partial charge in [-0.1, -0.05) is 42.6 Å². The quantitative estimate of drug-likeness (QED) is 0.746. The molecule has 1 aliphatic carbocycles. The van der Waals surface area contributed by atoms with Crippen molar-refractivity contribution in [3.8, 4) is 0 Å². The van der Waals surface area contributed by atoms with Crippen molar-refractivity contribution in [3.63, 3.8) is 0 Å². The number of sulfone groups is 1. The number of carbonyl (C=O) groups excluding carboxylic acids is 1. The fraction of sp³-hybridized carbons (Fsp3) is 0.611. The van der Waals surface area contributed by atoms with Crippen LogP contribution in [0.25, 0.3) is 0 Å². The van der Waals surface area contributed by atoms with E-state index < -0.39 is 9.84 Å². The first-order chi connectivity index (χ1) is 11.8. The summed E-state index contributed by atoms with van der Waals surface area (Å²) >= 11 is 6.25. The Bertz CT molecular complexity index is 685. The number of halogens is 1. The van der Waals surface area contributed by atoms with E-state index in [1.54, 1.807) is 0 Å². The fourth-order valence-corrected chi connectivity index (χ4v) is 5.38. The van der Waals surface area contributed by atoms with E-state index in [0.29, 0.717) is 11.6 Å². The molecule has 0 spiro atoms. The molecule has 0 aromatic heterocycles. The summed E-state index contributed by atoms with van der Waals surface area (Å²) in [5, 5.41) is 3.25. The Balaban J connectivity index is 1.88. The second kappa shape index (κ2) is 9.01. The molecule has 1 N–H and O–H groups in total. The highest BCUT2D eigenvalue weighted by atomic mass is 35.5. The Morgan fingerprint density at radius 2 is 1.92 bits per heavy atom. The van der Waals surface area contributed by atoms with Crippen LogP contribution in [0.15, 0.2) is 24.3 Å². The van der Waals surface area contributed by atoms with Gasteiger partial charge in [0, 0.05) is 18.0 Å². The van der Waals surface area contributed by atoms with E-state index >= 15 is 0 Å². The van der Waals surface area contributed by atoms with Crippen LogP contribution in [0, 0.1) is 0 Å². The molecular formula is C18H27ClN2O3S. The minimum Gasteiger partial charge on any atom is -0.354 e. The van der Waals surface area contributed by atoms with Crippen LogP contribution in [-0.2, 0) is 14.6 Å².